The van der Waals surface area contributed by atoms with Crippen molar-refractivity contribution in [3.05, 3.63) is 35.5 Å². The van der Waals surface area contributed by atoms with Crippen molar-refractivity contribution in [3.8, 4) is 0 Å². The first-order chi connectivity index (χ1) is 11.1. The lowest BCUT2D eigenvalue weighted by atomic mass is 9.96. The maximum atomic E-state index is 13.1. The maximum Gasteiger partial charge on any atom is 0.329 e. The molecule has 23 heavy (non-hydrogen) atoms. The van der Waals surface area contributed by atoms with Gasteiger partial charge in [0, 0.05) is 29.2 Å². The number of aryl methyl sites for hydroxylation is 1. The van der Waals surface area contributed by atoms with Crippen LogP contribution in [0.4, 0.5) is 4.79 Å². The van der Waals surface area contributed by atoms with Gasteiger partial charge in [0.2, 0.25) is 0 Å². The van der Waals surface area contributed by atoms with Gasteiger partial charge in [-0.25, -0.2) is 4.79 Å². The van der Waals surface area contributed by atoms with Crippen molar-refractivity contribution in [3.63, 3.8) is 0 Å². The van der Waals surface area contributed by atoms with Crippen LogP contribution in [-0.4, -0.2) is 45.6 Å². The van der Waals surface area contributed by atoms with Crippen molar-refractivity contribution in [2.24, 2.45) is 0 Å². The number of aromatic nitrogens is 1. The highest BCUT2D eigenvalue weighted by Gasteiger charge is 2.43. The van der Waals surface area contributed by atoms with Crippen LogP contribution in [-0.2, 0) is 6.54 Å². The summed E-state index contributed by atoms with van der Waals surface area (Å²) in [6, 6.07) is 10.4. The molecule has 3 aliphatic rings. The Morgan fingerprint density at radius 2 is 1.83 bits per heavy atom. The molecule has 1 aromatic carbocycles. The molecule has 0 radical (unpaired) electrons. The fourth-order valence-corrected chi connectivity index (χ4v) is 5.07. The molecule has 2 fully saturated rings. The van der Waals surface area contributed by atoms with E-state index in [4.69, 9.17) is 0 Å². The predicted molar refractivity (Wildman–Crippen MR) is 90.6 cm³/mol. The number of amides is 1. The minimum Gasteiger partial charge on any atom is -0.315 e. The molecular weight excluding hydrogens is 286 g/mol. The van der Waals surface area contributed by atoms with Gasteiger partial charge in [-0.1, -0.05) is 12.1 Å². The molecule has 4 heteroatoms. The summed E-state index contributed by atoms with van der Waals surface area (Å²) in [7, 11) is 2.25. The maximum absolute atomic E-state index is 13.1. The minimum atomic E-state index is 0.189. The monoisotopic (exact) mass is 309 g/mol. The van der Waals surface area contributed by atoms with Crippen LogP contribution >= 0.6 is 0 Å². The van der Waals surface area contributed by atoms with E-state index in [0.29, 0.717) is 18.1 Å². The topological polar surface area (TPSA) is 28.5 Å². The second kappa shape index (κ2) is 4.60. The first-order valence-corrected chi connectivity index (χ1v) is 8.76. The quantitative estimate of drug-likeness (QED) is 0.808. The second-order valence-electron chi connectivity index (χ2n) is 7.56. The lowest BCUT2D eigenvalue weighted by Gasteiger charge is -2.40. The van der Waals surface area contributed by atoms with E-state index in [2.05, 4.69) is 48.0 Å². The van der Waals surface area contributed by atoms with Gasteiger partial charge in [0.15, 0.2) is 0 Å². The van der Waals surface area contributed by atoms with Crippen LogP contribution in [0.25, 0.3) is 10.9 Å². The van der Waals surface area contributed by atoms with E-state index in [1.165, 1.54) is 23.8 Å². The molecule has 0 N–H and O–H groups in total. The summed E-state index contributed by atoms with van der Waals surface area (Å²) >= 11 is 0. The van der Waals surface area contributed by atoms with Crippen LogP contribution in [0, 0.1) is 6.92 Å². The largest absolute Gasteiger partial charge is 0.329 e. The van der Waals surface area contributed by atoms with E-state index < -0.39 is 0 Å². The van der Waals surface area contributed by atoms with Gasteiger partial charge in [-0.3, -0.25) is 4.57 Å². The van der Waals surface area contributed by atoms with Crippen LogP contribution in [0.1, 0.15) is 36.9 Å². The zero-order valence-electron chi connectivity index (χ0n) is 13.8. The first kappa shape index (κ1) is 13.6. The molecule has 2 aromatic rings. The molecule has 2 bridgehead atoms. The average molecular weight is 309 g/mol. The van der Waals surface area contributed by atoms with Crippen molar-refractivity contribution < 1.29 is 4.79 Å². The van der Waals surface area contributed by atoms with Crippen molar-refractivity contribution in [2.75, 3.05) is 7.05 Å². The summed E-state index contributed by atoms with van der Waals surface area (Å²) in [6.07, 6.45) is 4.88. The van der Waals surface area contributed by atoms with Crippen LogP contribution in [0.15, 0.2) is 24.3 Å². The third-order valence-corrected chi connectivity index (χ3v) is 6.42. The fraction of sp³-hybridized carbons (Fsp3) is 0.526. The number of hydrogen-bond donors (Lipinski definition) is 0. The summed E-state index contributed by atoms with van der Waals surface area (Å²) in [6.45, 7) is 2.90. The van der Waals surface area contributed by atoms with Gasteiger partial charge >= 0.3 is 6.03 Å². The van der Waals surface area contributed by atoms with Crippen molar-refractivity contribution >= 4 is 16.9 Å². The Labute approximate surface area is 136 Å². The molecule has 1 amide bonds. The molecule has 0 saturated carbocycles. The fourth-order valence-electron chi connectivity index (χ4n) is 5.07. The number of nitrogens with zero attached hydrogens (tertiary/aromatic N) is 3. The van der Waals surface area contributed by atoms with Crippen molar-refractivity contribution in [1.82, 2.24) is 14.4 Å². The number of piperidine rings is 1. The Balaban J connectivity index is 1.49. The predicted octanol–water partition coefficient (Wildman–Crippen LogP) is 3.36. The zero-order chi connectivity index (χ0) is 15.7. The third-order valence-electron chi connectivity index (χ3n) is 6.42. The first-order valence-electron chi connectivity index (χ1n) is 8.76. The Hall–Kier alpha value is -1.81. The Morgan fingerprint density at radius 1 is 1.09 bits per heavy atom. The summed E-state index contributed by atoms with van der Waals surface area (Å²) in [5, 5.41) is 1.22. The van der Waals surface area contributed by atoms with Crippen LogP contribution in [0.5, 0.6) is 0 Å². The summed E-state index contributed by atoms with van der Waals surface area (Å²) < 4.78 is 1.95. The average Bonchev–Trinajstić information content (AvgIpc) is 3.10. The van der Waals surface area contributed by atoms with E-state index in [0.717, 1.165) is 30.6 Å². The molecule has 4 nitrogen and oxygen atoms in total. The van der Waals surface area contributed by atoms with Gasteiger partial charge in [0.1, 0.15) is 0 Å². The van der Waals surface area contributed by atoms with Gasteiger partial charge in [-0.15, -0.1) is 0 Å². The highest BCUT2D eigenvalue weighted by molar-refractivity contribution is 5.96. The Kier molecular flexibility index (Phi) is 2.72. The van der Waals surface area contributed by atoms with E-state index in [1.807, 2.05) is 4.57 Å². The van der Waals surface area contributed by atoms with Crippen molar-refractivity contribution in [2.45, 2.75) is 57.3 Å². The second-order valence-corrected chi connectivity index (χ2v) is 7.56. The third kappa shape index (κ3) is 1.78. The molecule has 2 saturated heterocycles. The number of rotatable bonds is 1. The smallest absolute Gasteiger partial charge is 0.315 e. The highest BCUT2D eigenvalue weighted by Crippen LogP contribution is 2.39. The van der Waals surface area contributed by atoms with E-state index in [1.54, 1.807) is 0 Å². The molecule has 0 spiro atoms. The van der Waals surface area contributed by atoms with E-state index >= 15 is 0 Å². The highest BCUT2D eigenvalue weighted by atomic mass is 16.2. The molecule has 3 aliphatic heterocycles. The number of carbonyl (C=O) groups is 1. The number of fused-ring (bicyclic) bond motifs is 5. The standard InChI is InChI=1S/C19H23N3O/c1-12-4-3-5-18-17(12)10-16-11-21(19(23)22(16)18)15-8-13-6-7-14(9-15)20(13)2/h3-5,10,13-15H,6-9,11H2,1-2H3. The van der Waals surface area contributed by atoms with Crippen molar-refractivity contribution in [1.29, 1.82) is 0 Å². The van der Waals surface area contributed by atoms with Gasteiger partial charge in [-0.2, -0.15) is 0 Å². The normalized spacial score (nSPS) is 30.4. The van der Waals surface area contributed by atoms with E-state index in [9.17, 15) is 4.79 Å². The lowest BCUT2D eigenvalue weighted by molar-refractivity contribution is 0.0944. The van der Waals surface area contributed by atoms with Gasteiger partial charge < -0.3 is 9.80 Å². The van der Waals surface area contributed by atoms with Crippen LogP contribution in [0.2, 0.25) is 0 Å². The SMILES string of the molecule is Cc1cccc2c1cc1n2C(=O)N(C2CC3CCC(C2)N3C)C1. The Bertz CT molecular complexity index is 794. The molecule has 4 heterocycles. The van der Waals surface area contributed by atoms with Gasteiger partial charge in [0.05, 0.1) is 12.1 Å². The summed E-state index contributed by atoms with van der Waals surface area (Å²) in [4.78, 5) is 17.7. The zero-order valence-corrected chi connectivity index (χ0v) is 13.8. The van der Waals surface area contributed by atoms with Gasteiger partial charge in [-0.05, 0) is 57.4 Å². The van der Waals surface area contributed by atoms with Crippen LogP contribution in [0.3, 0.4) is 0 Å². The summed E-state index contributed by atoms with van der Waals surface area (Å²) in [5.74, 6) is 0. The molecule has 0 aliphatic carbocycles. The molecule has 2 unspecified atom stereocenters. The lowest BCUT2D eigenvalue weighted by Crippen LogP contribution is -2.49. The van der Waals surface area contributed by atoms with E-state index in [-0.39, 0.29) is 6.03 Å². The molecule has 1 aromatic heterocycles. The number of carbonyl (C=O) groups excluding carboxylic acids is 1. The molecule has 2 atom stereocenters. The molecule has 5 rings (SSSR count). The summed E-state index contributed by atoms with van der Waals surface area (Å²) in [5.41, 5.74) is 3.48. The number of hydrogen-bond acceptors (Lipinski definition) is 2. The molecule has 120 valence electrons. The van der Waals surface area contributed by atoms with Gasteiger partial charge in [0.25, 0.3) is 0 Å². The Morgan fingerprint density at radius 3 is 2.57 bits per heavy atom. The van der Waals surface area contributed by atoms with Crippen LogP contribution < -0.4 is 0 Å². The minimum absolute atomic E-state index is 0.189. The number of benzene rings is 1. The molecular formula is C19H23N3O.